The number of hydrogen-bond donors (Lipinski definition) is 0. The van der Waals surface area contributed by atoms with Crippen LogP contribution in [0.2, 0.25) is 0 Å². The number of Topliss-reactive ketones (excluding diaryl/α,β-unsaturated/α-hetero) is 1. The Kier molecular flexibility index (Phi) is 4.02. The summed E-state index contributed by atoms with van der Waals surface area (Å²) in [7, 11) is 1.45. The van der Waals surface area contributed by atoms with Gasteiger partial charge in [-0.2, -0.15) is 5.26 Å². The number of nitriles is 1. The molecule has 0 saturated heterocycles. The van der Waals surface area contributed by atoms with E-state index in [1.54, 1.807) is 12.1 Å². The number of hydrogen-bond acceptors (Lipinski definition) is 3. The molecule has 0 radical (unpaired) electrons. The largest absolute Gasteiger partial charge is 0.377 e. The van der Waals surface area contributed by atoms with Gasteiger partial charge in [0, 0.05) is 7.11 Å². The average Bonchev–Trinajstić information content (AvgIpc) is 2.22. The van der Waals surface area contributed by atoms with Crippen molar-refractivity contribution in [1.82, 2.24) is 0 Å². The topological polar surface area (TPSA) is 50.1 Å². The van der Waals surface area contributed by atoms with E-state index >= 15 is 0 Å². The normalized spacial score (nSPS) is 11.8. The third kappa shape index (κ3) is 2.90. The summed E-state index contributed by atoms with van der Waals surface area (Å²) in [4.78, 5) is 11.5. The van der Waals surface area contributed by atoms with Crippen molar-refractivity contribution in [3.8, 4) is 6.07 Å². The third-order valence-electron chi connectivity index (χ3n) is 2.15. The van der Waals surface area contributed by atoms with Crippen molar-refractivity contribution in [3.05, 3.63) is 35.4 Å². The average molecular weight is 203 g/mol. The van der Waals surface area contributed by atoms with Crippen molar-refractivity contribution in [1.29, 1.82) is 5.26 Å². The minimum atomic E-state index is -0.717. The number of carbonyl (C=O) groups excluding carboxylic acids is 1. The lowest BCUT2D eigenvalue weighted by Gasteiger charge is -2.07. The van der Waals surface area contributed by atoms with Gasteiger partial charge in [0.25, 0.3) is 0 Å². The maximum atomic E-state index is 11.5. The number of ether oxygens (including phenoxy) is 1. The van der Waals surface area contributed by atoms with E-state index < -0.39 is 5.92 Å². The molecule has 78 valence electrons. The quantitative estimate of drug-likeness (QED) is 0.750. The van der Waals surface area contributed by atoms with Gasteiger partial charge in [-0.05, 0) is 12.5 Å². The van der Waals surface area contributed by atoms with Crippen LogP contribution < -0.4 is 0 Å². The molecule has 0 aromatic heterocycles. The highest BCUT2D eigenvalue weighted by atomic mass is 16.5. The molecule has 0 aliphatic rings. The number of aryl methyl sites for hydroxylation is 1. The summed E-state index contributed by atoms with van der Waals surface area (Å²) in [5, 5.41) is 8.92. The van der Waals surface area contributed by atoms with Crippen LogP contribution in [-0.4, -0.2) is 19.5 Å². The molecule has 1 rings (SSSR count). The molecule has 0 unspecified atom stereocenters. The fourth-order valence-electron chi connectivity index (χ4n) is 1.32. The predicted octanol–water partition coefficient (Wildman–Crippen LogP) is 1.82. The van der Waals surface area contributed by atoms with Crippen LogP contribution >= 0.6 is 0 Å². The van der Waals surface area contributed by atoms with Crippen LogP contribution in [0.3, 0.4) is 0 Å². The van der Waals surface area contributed by atoms with Crippen LogP contribution in [0.1, 0.15) is 17.0 Å². The Balaban J connectivity index is 2.89. The summed E-state index contributed by atoms with van der Waals surface area (Å²) < 4.78 is 4.73. The number of carbonyl (C=O) groups is 1. The van der Waals surface area contributed by atoms with Gasteiger partial charge in [-0.15, -0.1) is 0 Å². The molecule has 0 N–H and O–H groups in total. The van der Waals surface area contributed by atoms with Gasteiger partial charge in [-0.25, -0.2) is 0 Å². The summed E-state index contributed by atoms with van der Waals surface area (Å²) in [6.07, 6.45) is 0. The van der Waals surface area contributed by atoms with Crippen LogP contribution in [0.4, 0.5) is 0 Å². The molecular weight excluding hydrogens is 190 g/mol. The predicted molar refractivity (Wildman–Crippen MR) is 56.4 cm³/mol. The number of ketones is 1. The Bertz CT molecular complexity index is 376. The highest BCUT2D eigenvalue weighted by molar-refractivity contribution is 5.89. The van der Waals surface area contributed by atoms with Crippen LogP contribution in [-0.2, 0) is 9.53 Å². The second kappa shape index (κ2) is 5.28. The van der Waals surface area contributed by atoms with Gasteiger partial charge in [0.1, 0.15) is 12.5 Å². The molecule has 1 atom stereocenters. The molecule has 1 aromatic rings. The van der Waals surface area contributed by atoms with Crippen LogP contribution in [0.5, 0.6) is 0 Å². The van der Waals surface area contributed by atoms with E-state index in [-0.39, 0.29) is 12.4 Å². The zero-order valence-electron chi connectivity index (χ0n) is 8.86. The molecule has 0 fully saturated rings. The van der Waals surface area contributed by atoms with E-state index in [0.29, 0.717) is 0 Å². The maximum absolute atomic E-state index is 11.5. The van der Waals surface area contributed by atoms with Crippen molar-refractivity contribution in [3.63, 3.8) is 0 Å². The van der Waals surface area contributed by atoms with E-state index in [1.807, 2.05) is 25.1 Å². The molecule has 3 heteroatoms. The second-order valence-electron chi connectivity index (χ2n) is 3.37. The fraction of sp³-hybridized carbons (Fsp3) is 0.333. The van der Waals surface area contributed by atoms with Gasteiger partial charge in [-0.1, -0.05) is 29.8 Å². The highest BCUT2D eigenvalue weighted by Gasteiger charge is 2.19. The summed E-state index contributed by atoms with van der Waals surface area (Å²) in [5.74, 6) is -0.922. The molecule has 3 nitrogen and oxygen atoms in total. The van der Waals surface area contributed by atoms with E-state index in [4.69, 9.17) is 10.00 Å². The third-order valence-corrected chi connectivity index (χ3v) is 2.15. The number of rotatable bonds is 4. The molecule has 0 heterocycles. The molecular formula is C12H13NO2. The van der Waals surface area contributed by atoms with Gasteiger partial charge in [0.2, 0.25) is 0 Å². The Morgan fingerprint density at radius 2 is 2.07 bits per heavy atom. The lowest BCUT2D eigenvalue weighted by molar-refractivity contribution is -0.122. The monoisotopic (exact) mass is 203 g/mol. The number of benzene rings is 1. The Morgan fingerprint density at radius 3 is 2.53 bits per heavy atom. The standard InChI is InChI=1S/C12H13NO2/c1-9-3-5-10(6-4-9)11(7-13)12(14)8-15-2/h3-6,11H,8H2,1-2H3/t11-/m1/s1. The summed E-state index contributed by atoms with van der Waals surface area (Å²) >= 11 is 0. The number of methoxy groups -OCH3 is 1. The van der Waals surface area contributed by atoms with Crippen molar-refractivity contribution in [2.75, 3.05) is 13.7 Å². The molecule has 0 aliphatic carbocycles. The molecule has 0 bridgehead atoms. The van der Waals surface area contributed by atoms with Crippen molar-refractivity contribution >= 4 is 5.78 Å². The van der Waals surface area contributed by atoms with Gasteiger partial charge in [-0.3, -0.25) is 4.79 Å². The Morgan fingerprint density at radius 1 is 1.47 bits per heavy atom. The lowest BCUT2D eigenvalue weighted by atomic mass is 9.96. The molecule has 15 heavy (non-hydrogen) atoms. The summed E-state index contributed by atoms with van der Waals surface area (Å²) in [6.45, 7) is 1.94. The van der Waals surface area contributed by atoms with E-state index in [0.717, 1.165) is 11.1 Å². The van der Waals surface area contributed by atoms with E-state index in [1.165, 1.54) is 7.11 Å². The minimum absolute atomic E-state index is 0.0217. The van der Waals surface area contributed by atoms with Crippen molar-refractivity contribution < 1.29 is 9.53 Å². The molecule has 0 aliphatic heterocycles. The first-order valence-corrected chi connectivity index (χ1v) is 4.67. The van der Waals surface area contributed by atoms with Crippen molar-refractivity contribution in [2.24, 2.45) is 0 Å². The molecule has 1 aromatic carbocycles. The first kappa shape index (κ1) is 11.4. The fourth-order valence-corrected chi connectivity index (χ4v) is 1.32. The summed E-state index contributed by atoms with van der Waals surface area (Å²) in [5.41, 5.74) is 1.83. The first-order valence-electron chi connectivity index (χ1n) is 4.67. The van der Waals surface area contributed by atoms with Gasteiger partial charge in [0.05, 0.1) is 6.07 Å². The van der Waals surface area contributed by atoms with E-state index in [2.05, 4.69) is 0 Å². The zero-order valence-corrected chi connectivity index (χ0v) is 8.86. The Labute approximate surface area is 89.3 Å². The summed E-state index contributed by atoms with van der Waals surface area (Å²) in [6, 6.07) is 9.37. The van der Waals surface area contributed by atoms with Crippen LogP contribution in [0.15, 0.2) is 24.3 Å². The zero-order chi connectivity index (χ0) is 11.3. The Hall–Kier alpha value is -1.66. The molecule has 0 saturated carbocycles. The van der Waals surface area contributed by atoms with Crippen molar-refractivity contribution in [2.45, 2.75) is 12.8 Å². The number of nitrogens with zero attached hydrogens (tertiary/aromatic N) is 1. The first-order chi connectivity index (χ1) is 7.19. The SMILES string of the molecule is COCC(=O)[C@H](C#N)c1ccc(C)cc1. The molecule has 0 amide bonds. The lowest BCUT2D eigenvalue weighted by Crippen LogP contribution is -2.16. The van der Waals surface area contributed by atoms with Crippen LogP contribution in [0, 0.1) is 18.3 Å². The van der Waals surface area contributed by atoms with Gasteiger partial charge in [0.15, 0.2) is 5.78 Å². The van der Waals surface area contributed by atoms with Gasteiger partial charge < -0.3 is 4.74 Å². The smallest absolute Gasteiger partial charge is 0.179 e. The van der Waals surface area contributed by atoms with Crippen LogP contribution in [0.25, 0.3) is 0 Å². The van der Waals surface area contributed by atoms with E-state index in [9.17, 15) is 4.79 Å². The second-order valence-corrected chi connectivity index (χ2v) is 3.37. The minimum Gasteiger partial charge on any atom is -0.377 e. The molecule has 0 spiro atoms. The maximum Gasteiger partial charge on any atom is 0.179 e. The van der Waals surface area contributed by atoms with Gasteiger partial charge >= 0.3 is 0 Å². The highest BCUT2D eigenvalue weighted by Crippen LogP contribution is 2.16.